The summed E-state index contributed by atoms with van der Waals surface area (Å²) in [6.45, 7) is 5.37. The number of nitrogens with two attached hydrogens (primary N) is 1. The van der Waals surface area contributed by atoms with Crippen molar-refractivity contribution in [3.63, 3.8) is 0 Å². The fourth-order valence-electron chi connectivity index (χ4n) is 1.69. The van der Waals surface area contributed by atoms with Crippen molar-refractivity contribution in [3.05, 3.63) is 23.8 Å². The number of hydrogen-bond donors (Lipinski definition) is 2. The molecule has 0 bridgehead atoms. The first-order valence-electron chi connectivity index (χ1n) is 6.17. The number of urea groups is 1. The first-order valence-corrected chi connectivity index (χ1v) is 6.17. The quantitative estimate of drug-likeness (QED) is 0.826. The predicted octanol–water partition coefficient (Wildman–Crippen LogP) is 2.07. The van der Waals surface area contributed by atoms with E-state index in [-0.39, 0.29) is 6.42 Å². The Hall–Kier alpha value is -2.24. The van der Waals surface area contributed by atoms with Crippen LogP contribution in [0, 0.1) is 0 Å². The van der Waals surface area contributed by atoms with Crippen molar-refractivity contribution in [2.75, 3.05) is 12.4 Å². The number of primary amides is 1. The number of esters is 1. The van der Waals surface area contributed by atoms with Gasteiger partial charge in [-0.05, 0) is 32.4 Å². The summed E-state index contributed by atoms with van der Waals surface area (Å²) in [6.07, 6.45) is 0.0179. The van der Waals surface area contributed by atoms with Crippen LogP contribution in [0.3, 0.4) is 0 Å². The van der Waals surface area contributed by atoms with E-state index in [1.165, 1.54) is 7.11 Å². The number of hydrogen-bond acceptors (Lipinski definition) is 4. The number of rotatable bonds is 4. The molecule has 0 aromatic heterocycles. The second kappa shape index (κ2) is 6.27. The summed E-state index contributed by atoms with van der Waals surface area (Å²) < 4.78 is 10.4. The molecule has 0 fully saturated rings. The van der Waals surface area contributed by atoms with E-state index < -0.39 is 17.6 Å². The van der Waals surface area contributed by atoms with E-state index in [4.69, 9.17) is 15.2 Å². The highest BCUT2D eigenvalue weighted by Gasteiger charge is 2.19. The third-order valence-corrected chi connectivity index (χ3v) is 2.34. The molecule has 0 aliphatic carbocycles. The molecular weight excluding hydrogens is 260 g/mol. The summed E-state index contributed by atoms with van der Waals surface area (Å²) in [6, 6.07) is 4.38. The zero-order valence-corrected chi connectivity index (χ0v) is 12.1. The van der Waals surface area contributed by atoms with E-state index in [0.29, 0.717) is 17.0 Å². The number of methoxy groups -OCH3 is 1. The third kappa shape index (κ3) is 4.79. The lowest BCUT2D eigenvalue weighted by Crippen LogP contribution is -2.26. The summed E-state index contributed by atoms with van der Waals surface area (Å²) >= 11 is 0. The average Bonchev–Trinajstić information content (AvgIpc) is 2.28. The van der Waals surface area contributed by atoms with Gasteiger partial charge in [0.25, 0.3) is 0 Å². The van der Waals surface area contributed by atoms with Crippen LogP contribution in [0.5, 0.6) is 5.75 Å². The maximum Gasteiger partial charge on any atom is 0.316 e. The molecule has 110 valence electrons. The number of ether oxygens (including phenoxy) is 2. The Morgan fingerprint density at radius 1 is 1.30 bits per heavy atom. The van der Waals surface area contributed by atoms with Crippen LogP contribution in [-0.4, -0.2) is 24.7 Å². The number of nitrogens with one attached hydrogen (secondary N) is 1. The van der Waals surface area contributed by atoms with Gasteiger partial charge in [-0.2, -0.15) is 0 Å². The highest BCUT2D eigenvalue weighted by molar-refractivity contribution is 5.92. The van der Waals surface area contributed by atoms with Gasteiger partial charge in [-0.15, -0.1) is 0 Å². The van der Waals surface area contributed by atoms with Gasteiger partial charge in [-0.3, -0.25) is 4.79 Å². The molecule has 6 heteroatoms. The van der Waals surface area contributed by atoms with Gasteiger partial charge in [0.15, 0.2) is 0 Å². The van der Waals surface area contributed by atoms with Gasteiger partial charge in [-0.1, -0.05) is 12.1 Å². The van der Waals surface area contributed by atoms with Crippen molar-refractivity contribution in [2.45, 2.75) is 32.8 Å². The largest absolute Gasteiger partial charge is 0.495 e. The Morgan fingerprint density at radius 2 is 1.95 bits per heavy atom. The number of carbonyl (C=O) groups excluding carboxylic acids is 2. The minimum atomic E-state index is -0.722. The van der Waals surface area contributed by atoms with E-state index in [2.05, 4.69) is 5.32 Å². The molecule has 1 rings (SSSR count). The standard InChI is InChI=1S/C14H20N2O4/c1-14(2,3)20-11(17)8-9-6-5-7-10(19-4)12(9)16-13(15)18/h5-7H,8H2,1-4H3,(H3,15,16,18). The lowest BCUT2D eigenvalue weighted by atomic mass is 10.1. The van der Waals surface area contributed by atoms with Crippen LogP contribution in [0.4, 0.5) is 10.5 Å². The minimum absolute atomic E-state index is 0.0179. The molecule has 0 heterocycles. The van der Waals surface area contributed by atoms with Crippen molar-refractivity contribution in [3.8, 4) is 5.75 Å². The molecule has 0 unspecified atom stereocenters. The molecule has 6 nitrogen and oxygen atoms in total. The normalized spacial score (nSPS) is 10.8. The molecule has 20 heavy (non-hydrogen) atoms. The van der Waals surface area contributed by atoms with E-state index in [1.807, 2.05) is 0 Å². The molecule has 2 amide bonds. The zero-order chi connectivity index (χ0) is 15.3. The van der Waals surface area contributed by atoms with Gasteiger partial charge in [0.2, 0.25) is 0 Å². The first kappa shape index (κ1) is 15.8. The molecule has 0 saturated carbocycles. The van der Waals surface area contributed by atoms with Crippen molar-refractivity contribution >= 4 is 17.7 Å². The molecule has 0 saturated heterocycles. The van der Waals surface area contributed by atoms with Crippen LogP contribution < -0.4 is 15.8 Å². The van der Waals surface area contributed by atoms with E-state index in [1.54, 1.807) is 39.0 Å². The smallest absolute Gasteiger partial charge is 0.316 e. The second-order valence-corrected chi connectivity index (χ2v) is 5.25. The molecule has 3 N–H and O–H groups in total. The summed E-state index contributed by atoms with van der Waals surface area (Å²) in [7, 11) is 1.47. The summed E-state index contributed by atoms with van der Waals surface area (Å²) in [5.41, 5.74) is 5.53. The van der Waals surface area contributed by atoms with Gasteiger partial charge in [0.05, 0.1) is 19.2 Å². The Labute approximate surface area is 118 Å². The number of para-hydroxylation sites is 1. The number of anilines is 1. The van der Waals surface area contributed by atoms with Crippen LogP contribution >= 0.6 is 0 Å². The molecule has 0 radical (unpaired) electrons. The molecule has 0 aliphatic heterocycles. The van der Waals surface area contributed by atoms with Crippen molar-refractivity contribution < 1.29 is 19.1 Å². The first-order chi connectivity index (χ1) is 9.23. The summed E-state index contributed by atoms with van der Waals surface area (Å²) in [5.74, 6) is 0.0446. The van der Waals surface area contributed by atoms with Gasteiger partial charge in [0.1, 0.15) is 11.4 Å². The SMILES string of the molecule is COc1cccc(CC(=O)OC(C)(C)C)c1NC(N)=O. The minimum Gasteiger partial charge on any atom is -0.495 e. The molecular formula is C14H20N2O4. The van der Waals surface area contributed by atoms with E-state index in [0.717, 1.165) is 0 Å². The predicted molar refractivity (Wildman–Crippen MR) is 75.7 cm³/mol. The Morgan fingerprint density at radius 3 is 2.45 bits per heavy atom. The van der Waals surface area contributed by atoms with Gasteiger partial charge in [0, 0.05) is 0 Å². The molecule has 0 atom stereocenters. The van der Waals surface area contributed by atoms with Crippen LogP contribution in [0.2, 0.25) is 0 Å². The third-order valence-electron chi connectivity index (χ3n) is 2.34. The van der Waals surface area contributed by atoms with Crippen LogP contribution in [-0.2, 0) is 16.0 Å². The summed E-state index contributed by atoms with van der Waals surface area (Å²) in [4.78, 5) is 22.9. The van der Waals surface area contributed by atoms with Crippen molar-refractivity contribution in [1.82, 2.24) is 0 Å². The molecule has 0 aliphatic rings. The zero-order valence-electron chi connectivity index (χ0n) is 12.1. The molecule has 1 aromatic carbocycles. The maximum atomic E-state index is 11.9. The van der Waals surface area contributed by atoms with E-state index in [9.17, 15) is 9.59 Å². The maximum absolute atomic E-state index is 11.9. The van der Waals surface area contributed by atoms with Crippen LogP contribution in [0.15, 0.2) is 18.2 Å². The fraction of sp³-hybridized carbons (Fsp3) is 0.429. The molecule has 0 spiro atoms. The Kier molecular flexibility index (Phi) is 4.96. The summed E-state index contributed by atoms with van der Waals surface area (Å²) in [5, 5.41) is 2.47. The molecule has 1 aromatic rings. The van der Waals surface area contributed by atoms with Crippen LogP contribution in [0.1, 0.15) is 26.3 Å². The topological polar surface area (TPSA) is 90.7 Å². The number of benzene rings is 1. The van der Waals surface area contributed by atoms with Gasteiger partial charge >= 0.3 is 12.0 Å². The Balaban J connectivity index is 2.99. The van der Waals surface area contributed by atoms with Gasteiger partial charge < -0.3 is 20.5 Å². The van der Waals surface area contributed by atoms with Crippen molar-refractivity contribution in [1.29, 1.82) is 0 Å². The second-order valence-electron chi connectivity index (χ2n) is 5.25. The Bertz CT molecular complexity index is 506. The fourth-order valence-corrected chi connectivity index (χ4v) is 1.69. The van der Waals surface area contributed by atoms with Crippen LogP contribution in [0.25, 0.3) is 0 Å². The highest BCUT2D eigenvalue weighted by atomic mass is 16.6. The lowest BCUT2D eigenvalue weighted by Gasteiger charge is -2.20. The van der Waals surface area contributed by atoms with E-state index >= 15 is 0 Å². The highest BCUT2D eigenvalue weighted by Crippen LogP contribution is 2.29. The average molecular weight is 280 g/mol. The van der Waals surface area contributed by atoms with Gasteiger partial charge in [-0.25, -0.2) is 4.79 Å². The number of amides is 2. The van der Waals surface area contributed by atoms with Crippen molar-refractivity contribution in [2.24, 2.45) is 5.73 Å². The number of carbonyl (C=O) groups is 2. The monoisotopic (exact) mass is 280 g/mol. The lowest BCUT2D eigenvalue weighted by molar-refractivity contribution is -0.153.